The summed E-state index contributed by atoms with van der Waals surface area (Å²) < 4.78 is 49.6. The van der Waals surface area contributed by atoms with Gasteiger partial charge in [0.2, 0.25) is 0 Å². The quantitative estimate of drug-likeness (QED) is 0.701. The number of fused-ring (bicyclic) bond motifs is 1. The standard InChI is InChI=1S/C15H16BrF3N2O3/c1-4-10-9(16)6-8-12(24-7-15(17,18)19)11(14(22)23-5-2)21(3)13(8)20-10/h6H,4-5,7H2,1-3H3. The average molecular weight is 409 g/mol. The molecule has 0 saturated heterocycles. The van der Waals surface area contributed by atoms with Gasteiger partial charge < -0.3 is 14.0 Å². The molecule has 9 heteroatoms. The van der Waals surface area contributed by atoms with Crippen molar-refractivity contribution in [2.24, 2.45) is 7.05 Å². The van der Waals surface area contributed by atoms with Gasteiger partial charge in [0.1, 0.15) is 5.65 Å². The van der Waals surface area contributed by atoms with Crippen LogP contribution in [0.4, 0.5) is 13.2 Å². The second-order valence-electron chi connectivity index (χ2n) is 5.00. The molecule has 0 atom stereocenters. The molecule has 24 heavy (non-hydrogen) atoms. The molecule has 0 aliphatic carbocycles. The Hall–Kier alpha value is -1.77. The van der Waals surface area contributed by atoms with Gasteiger partial charge in [-0.15, -0.1) is 0 Å². The number of aryl methyl sites for hydroxylation is 2. The summed E-state index contributed by atoms with van der Waals surface area (Å²) in [5, 5.41) is 0.314. The van der Waals surface area contributed by atoms with Gasteiger partial charge in [-0.05, 0) is 35.3 Å². The maximum Gasteiger partial charge on any atom is 0.422 e. The normalized spacial score (nSPS) is 11.8. The first-order chi connectivity index (χ1) is 11.2. The molecule has 0 radical (unpaired) electrons. The molecule has 0 N–H and O–H groups in total. The number of alkyl halides is 3. The number of carbonyl (C=O) groups excluding carboxylic acids is 1. The Balaban J connectivity index is 2.67. The first-order valence-corrected chi connectivity index (χ1v) is 8.03. The van der Waals surface area contributed by atoms with E-state index in [0.717, 1.165) is 5.69 Å². The van der Waals surface area contributed by atoms with E-state index in [1.54, 1.807) is 13.0 Å². The number of halogens is 4. The van der Waals surface area contributed by atoms with Gasteiger partial charge in [0.15, 0.2) is 18.1 Å². The number of hydrogen-bond donors (Lipinski definition) is 0. The summed E-state index contributed by atoms with van der Waals surface area (Å²) in [5.41, 5.74) is 0.986. The van der Waals surface area contributed by atoms with E-state index in [9.17, 15) is 18.0 Å². The molecular formula is C15H16BrF3N2O3. The van der Waals surface area contributed by atoms with E-state index in [2.05, 4.69) is 20.9 Å². The Morgan fingerprint density at radius 3 is 2.58 bits per heavy atom. The molecule has 2 aromatic rings. The van der Waals surface area contributed by atoms with Crippen LogP contribution in [0.2, 0.25) is 0 Å². The summed E-state index contributed by atoms with van der Waals surface area (Å²) in [7, 11) is 1.54. The second-order valence-corrected chi connectivity index (χ2v) is 5.86. The third-order valence-electron chi connectivity index (χ3n) is 3.33. The highest BCUT2D eigenvalue weighted by atomic mass is 79.9. The van der Waals surface area contributed by atoms with Crippen molar-refractivity contribution in [2.45, 2.75) is 26.4 Å². The summed E-state index contributed by atoms with van der Waals surface area (Å²) in [4.78, 5) is 16.6. The van der Waals surface area contributed by atoms with E-state index in [0.29, 0.717) is 21.9 Å². The number of esters is 1. The van der Waals surface area contributed by atoms with Crippen LogP contribution in [-0.4, -0.2) is 34.9 Å². The third kappa shape index (κ3) is 3.66. The van der Waals surface area contributed by atoms with Crippen molar-refractivity contribution in [1.29, 1.82) is 0 Å². The number of nitrogens with zero attached hydrogens (tertiary/aromatic N) is 2. The van der Waals surface area contributed by atoms with E-state index in [-0.39, 0.29) is 18.1 Å². The van der Waals surface area contributed by atoms with Crippen molar-refractivity contribution >= 4 is 32.9 Å². The Morgan fingerprint density at radius 1 is 1.38 bits per heavy atom. The van der Waals surface area contributed by atoms with E-state index >= 15 is 0 Å². The smallest absolute Gasteiger partial charge is 0.422 e. The number of rotatable bonds is 5. The summed E-state index contributed by atoms with van der Waals surface area (Å²) in [6.07, 6.45) is -3.91. The highest BCUT2D eigenvalue weighted by Gasteiger charge is 2.32. The van der Waals surface area contributed by atoms with E-state index in [1.807, 2.05) is 6.92 Å². The first kappa shape index (κ1) is 18.6. The van der Waals surface area contributed by atoms with E-state index in [1.165, 1.54) is 11.6 Å². The topological polar surface area (TPSA) is 53.4 Å². The molecule has 0 unspecified atom stereocenters. The van der Waals surface area contributed by atoms with Crippen molar-refractivity contribution in [1.82, 2.24) is 9.55 Å². The summed E-state index contributed by atoms with van der Waals surface area (Å²) in [6, 6.07) is 1.61. The SMILES string of the molecule is CCOC(=O)c1c(OCC(F)(F)F)c2cc(Br)c(CC)nc2n1C. The van der Waals surface area contributed by atoms with Crippen LogP contribution >= 0.6 is 15.9 Å². The lowest BCUT2D eigenvalue weighted by Gasteiger charge is -2.10. The highest BCUT2D eigenvalue weighted by molar-refractivity contribution is 9.10. The molecule has 0 bridgehead atoms. The fraction of sp³-hybridized carbons (Fsp3) is 0.467. The molecule has 2 aromatic heterocycles. The lowest BCUT2D eigenvalue weighted by Crippen LogP contribution is -2.20. The molecule has 0 aliphatic heterocycles. The van der Waals surface area contributed by atoms with Gasteiger partial charge in [0, 0.05) is 11.5 Å². The number of pyridine rings is 1. The fourth-order valence-electron chi connectivity index (χ4n) is 2.30. The predicted molar refractivity (Wildman–Crippen MR) is 85.3 cm³/mol. The molecule has 132 valence electrons. The molecule has 0 spiro atoms. The zero-order valence-electron chi connectivity index (χ0n) is 13.3. The molecule has 2 heterocycles. The third-order valence-corrected chi connectivity index (χ3v) is 4.01. The average Bonchev–Trinajstić information content (AvgIpc) is 2.75. The lowest BCUT2D eigenvalue weighted by atomic mass is 10.2. The molecule has 0 aliphatic rings. The summed E-state index contributed by atoms with van der Waals surface area (Å²) >= 11 is 3.34. The number of carbonyl (C=O) groups is 1. The largest absolute Gasteiger partial charge is 0.481 e. The van der Waals surface area contributed by atoms with Gasteiger partial charge in [0.05, 0.1) is 17.7 Å². The predicted octanol–water partition coefficient (Wildman–Crippen LogP) is 4.02. The van der Waals surface area contributed by atoms with Crippen molar-refractivity contribution in [3.63, 3.8) is 0 Å². The van der Waals surface area contributed by atoms with Crippen LogP contribution in [0.5, 0.6) is 5.75 Å². The fourth-order valence-corrected chi connectivity index (χ4v) is 2.90. The molecular weight excluding hydrogens is 393 g/mol. The molecule has 0 amide bonds. The molecule has 2 rings (SSSR count). The molecule has 5 nitrogen and oxygen atoms in total. The zero-order valence-corrected chi connectivity index (χ0v) is 14.9. The molecule has 0 saturated carbocycles. The Labute approximate surface area is 144 Å². The second kappa shape index (κ2) is 7.00. The van der Waals surface area contributed by atoms with Gasteiger partial charge in [0.25, 0.3) is 0 Å². The van der Waals surface area contributed by atoms with Gasteiger partial charge in [-0.2, -0.15) is 13.2 Å². The van der Waals surface area contributed by atoms with Crippen LogP contribution < -0.4 is 4.74 Å². The van der Waals surface area contributed by atoms with Crippen LogP contribution in [-0.2, 0) is 18.2 Å². The number of aromatic nitrogens is 2. The van der Waals surface area contributed by atoms with Crippen LogP contribution in [0.1, 0.15) is 30.0 Å². The van der Waals surface area contributed by atoms with Crippen molar-refractivity contribution < 1.29 is 27.4 Å². The van der Waals surface area contributed by atoms with Crippen molar-refractivity contribution in [3.8, 4) is 5.75 Å². The lowest BCUT2D eigenvalue weighted by molar-refractivity contribution is -0.153. The number of hydrogen-bond acceptors (Lipinski definition) is 4. The van der Waals surface area contributed by atoms with E-state index < -0.39 is 18.8 Å². The van der Waals surface area contributed by atoms with Crippen molar-refractivity contribution in [3.05, 3.63) is 21.9 Å². The minimum absolute atomic E-state index is 0.0937. The summed E-state index contributed by atoms with van der Waals surface area (Å²) in [6.45, 7) is 2.10. The monoisotopic (exact) mass is 408 g/mol. The Morgan fingerprint density at radius 2 is 2.04 bits per heavy atom. The maximum atomic E-state index is 12.6. The van der Waals surface area contributed by atoms with Crippen LogP contribution in [0, 0.1) is 0 Å². The van der Waals surface area contributed by atoms with Gasteiger partial charge in [-0.25, -0.2) is 9.78 Å². The van der Waals surface area contributed by atoms with Crippen LogP contribution in [0.15, 0.2) is 10.5 Å². The molecule has 0 aromatic carbocycles. The van der Waals surface area contributed by atoms with Gasteiger partial charge in [-0.3, -0.25) is 0 Å². The Bertz CT molecular complexity index is 772. The van der Waals surface area contributed by atoms with Gasteiger partial charge in [-0.1, -0.05) is 6.92 Å². The van der Waals surface area contributed by atoms with Crippen LogP contribution in [0.3, 0.4) is 0 Å². The first-order valence-electron chi connectivity index (χ1n) is 7.24. The number of ether oxygens (including phenoxy) is 2. The molecule has 0 fully saturated rings. The summed E-state index contributed by atoms with van der Waals surface area (Å²) in [5.74, 6) is -0.941. The minimum atomic E-state index is -4.53. The zero-order chi connectivity index (χ0) is 18.1. The Kier molecular flexibility index (Phi) is 5.42. The minimum Gasteiger partial charge on any atom is -0.481 e. The van der Waals surface area contributed by atoms with Crippen LogP contribution in [0.25, 0.3) is 11.0 Å². The highest BCUT2D eigenvalue weighted by Crippen LogP contribution is 2.36. The van der Waals surface area contributed by atoms with E-state index in [4.69, 9.17) is 9.47 Å². The maximum absolute atomic E-state index is 12.6. The van der Waals surface area contributed by atoms with Gasteiger partial charge >= 0.3 is 12.1 Å². The van der Waals surface area contributed by atoms with Crippen molar-refractivity contribution in [2.75, 3.05) is 13.2 Å².